The normalized spacial score (nSPS) is 28.4. The Bertz CT molecular complexity index is 466. The Hall–Kier alpha value is -0.580. The van der Waals surface area contributed by atoms with Crippen molar-refractivity contribution in [2.24, 2.45) is 5.92 Å². The SMILES string of the molecule is OCCCCC1Nc2ccc(Br)cc2[C@@H]2OCCC[C@H]12. The predicted octanol–water partition coefficient (Wildman–Crippen LogP) is 3.87. The van der Waals surface area contributed by atoms with E-state index in [2.05, 4.69) is 39.4 Å². The Morgan fingerprint density at radius 3 is 3.10 bits per heavy atom. The van der Waals surface area contributed by atoms with Crippen molar-refractivity contribution < 1.29 is 9.84 Å². The molecular formula is C16H22BrNO2. The van der Waals surface area contributed by atoms with Gasteiger partial charge in [0.2, 0.25) is 0 Å². The van der Waals surface area contributed by atoms with Gasteiger partial charge < -0.3 is 15.2 Å². The van der Waals surface area contributed by atoms with Crippen LogP contribution in [0.3, 0.4) is 0 Å². The van der Waals surface area contributed by atoms with Crippen molar-refractivity contribution in [2.75, 3.05) is 18.5 Å². The summed E-state index contributed by atoms with van der Waals surface area (Å²) >= 11 is 3.56. The van der Waals surface area contributed by atoms with Crippen LogP contribution in [0.1, 0.15) is 43.8 Å². The predicted molar refractivity (Wildman–Crippen MR) is 83.9 cm³/mol. The number of unbranched alkanes of at least 4 members (excludes halogenated alkanes) is 1. The maximum absolute atomic E-state index is 8.97. The van der Waals surface area contributed by atoms with Crippen LogP contribution in [0.2, 0.25) is 0 Å². The number of anilines is 1. The third-order valence-corrected chi connectivity index (χ3v) is 4.96. The highest BCUT2D eigenvalue weighted by atomic mass is 79.9. The molecule has 2 heterocycles. The molecule has 3 rings (SSSR count). The van der Waals surface area contributed by atoms with E-state index < -0.39 is 0 Å². The zero-order chi connectivity index (χ0) is 13.9. The number of ether oxygens (including phenoxy) is 1. The number of nitrogens with one attached hydrogen (secondary N) is 1. The smallest absolute Gasteiger partial charge is 0.0892 e. The van der Waals surface area contributed by atoms with Gasteiger partial charge in [-0.25, -0.2) is 0 Å². The fraction of sp³-hybridized carbons (Fsp3) is 0.625. The molecule has 0 aromatic heterocycles. The Balaban J connectivity index is 1.83. The molecule has 2 N–H and O–H groups in total. The number of halogens is 1. The van der Waals surface area contributed by atoms with Gasteiger partial charge in [-0.2, -0.15) is 0 Å². The molecule has 1 unspecified atom stereocenters. The highest BCUT2D eigenvalue weighted by Crippen LogP contribution is 2.45. The first kappa shape index (κ1) is 14.4. The van der Waals surface area contributed by atoms with Crippen molar-refractivity contribution in [3.8, 4) is 0 Å². The fourth-order valence-corrected chi connectivity index (χ4v) is 3.89. The minimum Gasteiger partial charge on any atom is -0.396 e. The summed E-state index contributed by atoms with van der Waals surface area (Å²) < 4.78 is 7.21. The molecule has 4 heteroatoms. The zero-order valence-electron chi connectivity index (χ0n) is 11.6. The second kappa shape index (κ2) is 6.46. The second-order valence-corrected chi connectivity index (χ2v) is 6.71. The molecule has 110 valence electrons. The Morgan fingerprint density at radius 1 is 1.35 bits per heavy atom. The van der Waals surface area contributed by atoms with E-state index in [4.69, 9.17) is 9.84 Å². The van der Waals surface area contributed by atoms with Crippen molar-refractivity contribution in [3.05, 3.63) is 28.2 Å². The molecule has 1 aromatic rings. The monoisotopic (exact) mass is 339 g/mol. The third-order valence-electron chi connectivity index (χ3n) is 4.47. The van der Waals surface area contributed by atoms with Crippen LogP contribution in [0, 0.1) is 5.92 Å². The van der Waals surface area contributed by atoms with E-state index in [1.54, 1.807) is 0 Å². The maximum Gasteiger partial charge on any atom is 0.0892 e. The van der Waals surface area contributed by atoms with Crippen LogP contribution >= 0.6 is 15.9 Å². The molecule has 0 bridgehead atoms. The second-order valence-electron chi connectivity index (χ2n) is 5.80. The van der Waals surface area contributed by atoms with Crippen LogP contribution in [0.15, 0.2) is 22.7 Å². The summed E-state index contributed by atoms with van der Waals surface area (Å²) in [7, 11) is 0. The lowest BCUT2D eigenvalue weighted by molar-refractivity contribution is -0.0387. The minimum atomic E-state index is 0.233. The third kappa shape index (κ3) is 2.87. The van der Waals surface area contributed by atoms with Gasteiger partial charge in [-0.1, -0.05) is 15.9 Å². The molecule has 2 aliphatic rings. The first-order valence-electron chi connectivity index (χ1n) is 7.58. The molecule has 0 amide bonds. The lowest BCUT2D eigenvalue weighted by Gasteiger charge is -2.43. The molecule has 3 atom stereocenters. The molecule has 20 heavy (non-hydrogen) atoms. The van der Waals surface area contributed by atoms with E-state index in [9.17, 15) is 0 Å². The van der Waals surface area contributed by atoms with E-state index in [0.29, 0.717) is 18.6 Å². The number of aliphatic hydroxyl groups excluding tert-OH is 1. The first-order chi connectivity index (χ1) is 9.79. The molecule has 1 aromatic carbocycles. The van der Waals surface area contributed by atoms with Crippen molar-refractivity contribution in [1.82, 2.24) is 0 Å². The minimum absolute atomic E-state index is 0.233. The van der Waals surface area contributed by atoms with Gasteiger partial charge in [0, 0.05) is 40.9 Å². The van der Waals surface area contributed by atoms with Gasteiger partial charge in [-0.05, 0) is 50.3 Å². The van der Waals surface area contributed by atoms with Gasteiger partial charge in [-0.3, -0.25) is 0 Å². The molecule has 3 nitrogen and oxygen atoms in total. The fourth-order valence-electron chi connectivity index (χ4n) is 3.51. The summed E-state index contributed by atoms with van der Waals surface area (Å²) in [5.41, 5.74) is 2.51. The zero-order valence-corrected chi connectivity index (χ0v) is 13.2. The topological polar surface area (TPSA) is 41.5 Å². The largest absolute Gasteiger partial charge is 0.396 e. The van der Waals surface area contributed by atoms with Crippen LogP contribution in [0.25, 0.3) is 0 Å². The van der Waals surface area contributed by atoms with Crippen molar-refractivity contribution in [2.45, 2.75) is 44.2 Å². The van der Waals surface area contributed by atoms with Gasteiger partial charge in [0.15, 0.2) is 0 Å². The molecule has 0 spiro atoms. The number of benzene rings is 1. The molecule has 2 aliphatic heterocycles. The average Bonchev–Trinajstić information content (AvgIpc) is 2.48. The van der Waals surface area contributed by atoms with E-state index in [0.717, 1.165) is 36.8 Å². The molecule has 1 fully saturated rings. The van der Waals surface area contributed by atoms with Gasteiger partial charge >= 0.3 is 0 Å². The van der Waals surface area contributed by atoms with E-state index in [1.807, 2.05) is 0 Å². The Kier molecular flexibility index (Phi) is 4.64. The van der Waals surface area contributed by atoms with Crippen LogP contribution in [0.4, 0.5) is 5.69 Å². The van der Waals surface area contributed by atoms with Gasteiger partial charge in [-0.15, -0.1) is 0 Å². The van der Waals surface area contributed by atoms with Crippen LogP contribution in [-0.4, -0.2) is 24.4 Å². The summed E-state index contributed by atoms with van der Waals surface area (Å²) in [4.78, 5) is 0. The number of fused-ring (bicyclic) bond motifs is 3. The summed E-state index contributed by atoms with van der Waals surface area (Å²) in [6, 6.07) is 6.89. The molecule has 0 radical (unpaired) electrons. The first-order valence-corrected chi connectivity index (χ1v) is 8.37. The standard InChI is InChI=1S/C16H22BrNO2/c17-11-6-7-15-13(10-11)16-12(4-3-9-20-16)14(18-15)5-1-2-8-19/h6-7,10,12,14,16,18-19H,1-5,8-9H2/t12-,14?,16-/m1/s1. The lowest BCUT2D eigenvalue weighted by atomic mass is 9.78. The lowest BCUT2D eigenvalue weighted by Crippen LogP contribution is -2.41. The van der Waals surface area contributed by atoms with Crippen molar-refractivity contribution in [1.29, 1.82) is 0 Å². The van der Waals surface area contributed by atoms with E-state index in [1.165, 1.54) is 17.7 Å². The summed E-state index contributed by atoms with van der Waals surface area (Å²) in [5, 5.41) is 12.7. The molecule has 0 saturated carbocycles. The number of aliphatic hydroxyl groups is 1. The average molecular weight is 340 g/mol. The van der Waals surface area contributed by atoms with Gasteiger partial charge in [0.25, 0.3) is 0 Å². The quantitative estimate of drug-likeness (QED) is 0.818. The highest BCUT2D eigenvalue weighted by Gasteiger charge is 2.38. The van der Waals surface area contributed by atoms with Gasteiger partial charge in [0.1, 0.15) is 0 Å². The molecule has 1 saturated heterocycles. The molecule has 0 aliphatic carbocycles. The maximum atomic E-state index is 8.97. The van der Waals surface area contributed by atoms with Crippen molar-refractivity contribution in [3.63, 3.8) is 0 Å². The Labute approximate surface area is 128 Å². The van der Waals surface area contributed by atoms with Crippen LogP contribution < -0.4 is 5.32 Å². The summed E-state index contributed by atoms with van der Waals surface area (Å²) in [6.07, 6.45) is 5.69. The van der Waals surface area contributed by atoms with Crippen LogP contribution in [-0.2, 0) is 4.74 Å². The Morgan fingerprint density at radius 2 is 2.25 bits per heavy atom. The van der Waals surface area contributed by atoms with Crippen molar-refractivity contribution >= 4 is 21.6 Å². The van der Waals surface area contributed by atoms with E-state index in [-0.39, 0.29) is 6.10 Å². The van der Waals surface area contributed by atoms with Gasteiger partial charge in [0.05, 0.1) is 6.10 Å². The summed E-state index contributed by atoms with van der Waals surface area (Å²) in [5.74, 6) is 0.559. The number of hydrogen-bond donors (Lipinski definition) is 2. The number of rotatable bonds is 4. The number of hydrogen-bond acceptors (Lipinski definition) is 3. The molecular weight excluding hydrogens is 318 g/mol. The van der Waals surface area contributed by atoms with Crippen LogP contribution in [0.5, 0.6) is 0 Å². The summed E-state index contributed by atoms with van der Waals surface area (Å²) in [6.45, 7) is 1.16. The highest BCUT2D eigenvalue weighted by molar-refractivity contribution is 9.10. The van der Waals surface area contributed by atoms with E-state index >= 15 is 0 Å².